The Morgan fingerprint density at radius 3 is 2.83 bits per heavy atom. The quantitative estimate of drug-likeness (QED) is 0.302. The van der Waals surface area contributed by atoms with Crippen LogP contribution in [-0.2, 0) is 11.3 Å². The minimum atomic E-state index is -0.986. The normalized spacial score (nSPS) is 18.9. The molecule has 2 aromatic heterocycles. The molecule has 6 rings (SSSR count). The van der Waals surface area contributed by atoms with Crippen molar-refractivity contribution >= 4 is 29.2 Å². The molecule has 0 aliphatic carbocycles. The number of nitrogens with one attached hydrogen (secondary N) is 1. The van der Waals surface area contributed by atoms with Crippen LogP contribution in [0.25, 0.3) is 11.0 Å². The van der Waals surface area contributed by atoms with E-state index in [0.717, 1.165) is 12.2 Å². The lowest BCUT2D eigenvalue weighted by molar-refractivity contribution is -0.0738. The minimum absolute atomic E-state index is 0.0126. The molecule has 1 fully saturated rings. The van der Waals surface area contributed by atoms with Crippen LogP contribution in [0.15, 0.2) is 59.7 Å². The van der Waals surface area contributed by atoms with E-state index in [-0.39, 0.29) is 35.8 Å². The van der Waals surface area contributed by atoms with Crippen LogP contribution in [-0.4, -0.2) is 69.2 Å². The van der Waals surface area contributed by atoms with Crippen molar-refractivity contribution in [3.8, 4) is 11.9 Å². The number of H-pyrrole nitrogens is 1. The maximum absolute atomic E-state index is 14.2. The third-order valence-corrected chi connectivity index (χ3v) is 7.54. The van der Waals surface area contributed by atoms with Crippen molar-refractivity contribution < 1.29 is 23.8 Å². The number of aromatic nitrogens is 3. The monoisotopic (exact) mass is 569 g/mol. The van der Waals surface area contributed by atoms with Gasteiger partial charge in [-0.05, 0) is 49.7 Å². The summed E-state index contributed by atoms with van der Waals surface area (Å²) in [7, 11) is 0. The van der Waals surface area contributed by atoms with Gasteiger partial charge in [0.2, 0.25) is 5.88 Å². The van der Waals surface area contributed by atoms with Crippen LogP contribution in [0.5, 0.6) is 5.88 Å². The SMILES string of the molecule is CC1CN(c2cccc(OCc3ccc(C#N)cc3F)n2)C=NN1CC(c1nc2ccc(C(=O)O)cc2[nH]1)[C@@H]1CCO1. The molecular weight excluding hydrogens is 541 g/mol. The zero-order chi connectivity index (χ0) is 29.2. The minimum Gasteiger partial charge on any atom is -0.478 e. The summed E-state index contributed by atoms with van der Waals surface area (Å²) in [6.07, 6.45) is 2.62. The Morgan fingerprint density at radius 1 is 1.26 bits per heavy atom. The van der Waals surface area contributed by atoms with Gasteiger partial charge in [0.25, 0.3) is 0 Å². The number of aromatic carboxylic acids is 1. The Bertz CT molecular complexity index is 1700. The molecule has 1 saturated heterocycles. The zero-order valence-corrected chi connectivity index (χ0v) is 22.8. The first kappa shape index (κ1) is 27.2. The number of aromatic amines is 1. The van der Waals surface area contributed by atoms with Crippen molar-refractivity contribution in [2.24, 2.45) is 5.10 Å². The third kappa shape index (κ3) is 5.59. The number of hydrogen-bond acceptors (Lipinski definition) is 9. The molecule has 2 aromatic carbocycles. The molecule has 214 valence electrons. The Balaban J connectivity index is 1.15. The molecule has 0 amide bonds. The summed E-state index contributed by atoms with van der Waals surface area (Å²) >= 11 is 0. The van der Waals surface area contributed by atoms with E-state index in [1.165, 1.54) is 12.1 Å². The molecule has 0 saturated carbocycles. The zero-order valence-electron chi connectivity index (χ0n) is 22.8. The van der Waals surface area contributed by atoms with Crippen LogP contribution in [0, 0.1) is 17.1 Å². The first-order chi connectivity index (χ1) is 20.4. The Kier molecular flexibility index (Phi) is 7.41. The average Bonchev–Trinajstić information content (AvgIpc) is 3.39. The van der Waals surface area contributed by atoms with Gasteiger partial charge >= 0.3 is 5.97 Å². The van der Waals surface area contributed by atoms with Crippen molar-refractivity contribution in [3.63, 3.8) is 0 Å². The van der Waals surface area contributed by atoms with Crippen LogP contribution in [0.2, 0.25) is 0 Å². The van der Waals surface area contributed by atoms with Crippen LogP contribution >= 0.6 is 0 Å². The molecule has 2 aliphatic rings. The summed E-state index contributed by atoms with van der Waals surface area (Å²) in [5, 5.41) is 25.0. The van der Waals surface area contributed by atoms with Crippen molar-refractivity contribution in [2.75, 3.05) is 24.6 Å². The number of fused-ring (bicyclic) bond motifs is 1. The van der Waals surface area contributed by atoms with Gasteiger partial charge in [-0.2, -0.15) is 15.3 Å². The van der Waals surface area contributed by atoms with E-state index in [0.29, 0.717) is 48.0 Å². The van der Waals surface area contributed by atoms with Crippen molar-refractivity contribution in [1.82, 2.24) is 20.0 Å². The van der Waals surface area contributed by atoms with Gasteiger partial charge in [-0.25, -0.2) is 14.2 Å². The molecule has 0 spiro atoms. The lowest BCUT2D eigenvalue weighted by Crippen LogP contribution is -2.48. The number of carboxylic acid groups (broad SMARTS) is 1. The number of benzene rings is 2. The van der Waals surface area contributed by atoms with Crippen LogP contribution in [0.4, 0.5) is 10.2 Å². The Morgan fingerprint density at radius 2 is 2.12 bits per heavy atom. The summed E-state index contributed by atoms with van der Waals surface area (Å²) in [5.74, 6) is 0.168. The number of ether oxygens (including phenoxy) is 2. The number of hydrazone groups is 1. The summed E-state index contributed by atoms with van der Waals surface area (Å²) in [6, 6.07) is 16.4. The number of halogens is 1. The van der Waals surface area contributed by atoms with Crippen LogP contribution in [0.3, 0.4) is 0 Å². The second-order valence-electron chi connectivity index (χ2n) is 10.4. The van der Waals surface area contributed by atoms with Gasteiger partial charge in [-0.15, -0.1) is 0 Å². The van der Waals surface area contributed by atoms with Gasteiger partial charge in [-0.1, -0.05) is 12.1 Å². The number of hydrogen-bond donors (Lipinski definition) is 2. The molecule has 0 bridgehead atoms. The molecule has 4 heterocycles. The molecule has 2 unspecified atom stereocenters. The van der Waals surface area contributed by atoms with Crippen molar-refractivity contribution in [1.29, 1.82) is 5.26 Å². The highest BCUT2D eigenvalue weighted by Gasteiger charge is 2.35. The largest absolute Gasteiger partial charge is 0.478 e. The number of nitriles is 1. The van der Waals surface area contributed by atoms with Gasteiger partial charge in [0.05, 0.1) is 46.3 Å². The highest BCUT2D eigenvalue weighted by Crippen LogP contribution is 2.32. The van der Waals surface area contributed by atoms with E-state index in [1.54, 1.807) is 36.7 Å². The second kappa shape index (κ2) is 11.5. The predicted octanol–water partition coefficient (Wildman–Crippen LogP) is 4.27. The number of pyridine rings is 1. The Hall–Kier alpha value is -5.02. The second-order valence-corrected chi connectivity index (χ2v) is 10.4. The number of anilines is 1. The first-order valence-electron chi connectivity index (χ1n) is 13.6. The molecule has 2 N–H and O–H groups in total. The lowest BCUT2D eigenvalue weighted by Gasteiger charge is -2.40. The van der Waals surface area contributed by atoms with E-state index in [4.69, 9.17) is 24.8 Å². The molecule has 2 aliphatic heterocycles. The van der Waals surface area contributed by atoms with Crippen LogP contribution in [0.1, 0.15) is 46.6 Å². The number of rotatable bonds is 9. The molecular formula is C30H28FN7O4. The lowest BCUT2D eigenvalue weighted by atomic mass is 9.95. The highest BCUT2D eigenvalue weighted by atomic mass is 19.1. The van der Waals surface area contributed by atoms with Gasteiger partial charge in [0, 0.05) is 31.3 Å². The number of carboxylic acids is 1. The van der Waals surface area contributed by atoms with Gasteiger partial charge in [-0.3, -0.25) is 5.01 Å². The molecule has 11 nitrogen and oxygen atoms in total. The summed E-state index contributed by atoms with van der Waals surface area (Å²) < 4.78 is 25.8. The average molecular weight is 570 g/mol. The standard InChI is InChI=1S/C30H28FN7O4/c1-18-14-37(27-3-2-4-28(36-27)42-16-21-6-5-19(13-32)11-23(21)31)17-33-38(18)15-22(26-9-10-41-26)29-34-24-8-7-20(30(39)40)12-25(24)35-29/h2-8,11-12,17-18,22,26H,9-10,14-16H2,1H3,(H,34,35)(H,39,40)/t18?,22?,26-/m0/s1. The maximum atomic E-state index is 14.2. The summed E-state index contributed by atoms with van der Waals surface area (Å²) in [6.45, 7) is 3.93. The summed E-state index contributed by atoms with van der Waals surface area (Å²) in [5.41, 5.74) is 2.17. The smallest absolute Gasteiger partial charge is 0.335 e. The molecule has 12 heteroatoms. The van der Waals surface area contributed by atoms with Crippen molar-refractivity contribution in [3.05, 3.63) is 82.9 Å². The van der Waals surface area contributed by atoms with E-state index in [9.17, 15) is 14.3 Å². The number of imidazole rings is 1. The van der Waals surface area contributed by atoms with E-state index in [1.807, 2.05) is 28.1 Å². The van der Waals surface area contributed by atoms with E-state index in [2.05, 4.69) is 16.9 Å². The first-order valence-corrected chi connectivity index (χ1v) is 13.6. The highest BCUT2D eigenvalue weighted by molar-refractivity contribution is 5.92. The molecule has 3 atom stereocenters. The Labute approximate surface area is 240 Å². The third-order valence-electron chi connectivity index (χ3n) is 7.54. The molecule has 4 aromatic rings. The fourth-order valence-corrected chi connectivity index (χ4v) is 5.07. The number of carbonyl (C=O) groups is 1. The molecule has 42 heavy (non-hydrogen) atoms. The fourth-order valence-electron chi connectivity index (χ4n) is 5.07. The van der Waals surface area contributed by atoms with Gasteiger partial charge in [0.15, 0.2) is 0 Å². The van der Waals surface area contributed by atoms with Gasteiger partial charge < -0.3 is 24.5 Å². The van der Waals surface area contributed by atoms with E-state index >= 15 is 0 Å². The maximum Gasteiger partial charge on any atom is 0.335 e. The topological polar surface area (TPSA) is 140 Å². The predicted molar refractivity (Wildman–Crippen MR) is 152 cm³/mol. The van der Waals surface area contributed by atoms with E-state index < -0.39 is 11.8 Å². The molecule has 0 radical (unpaired) electrons. The fraction of sp³-hybridized carbons (Fsp3) is 0.300. The number of nitrogens with zero attached hydrogens (tertiary/aromatic N) is 6. The van der Waals surface area contributed by atoms with Crippen molar-refractivity contribution in [2.45, 2.75) is 38.0 Å². The van der Waals surface area contributed by atoms with Crippen LogP contribution < -0.4 is 9.64 Å². The van der Waals surface area contributed by atoms with Gasteiger partial charge in [0.1, 0.15) is 30.4 Å². The summed E-state index contributed by atoms with van der Waals surface area (Å²) in [4.78, 5) is 26.0.